The van der Waals surface area contributed by atoms with Crippen molar-refractivity contribution in [1.29, 1.82) is 0 Å². The summed E-state index contributed by atoms with van der Waals surface area (Å²) in [5, 5.41) is 25.4. The van der Waals surface area contributed by atoms with Crippen molar-refractivity contribution in [2.75, 3.05) is 25.1 Å². The number of rotatable bonds is 5. The fourth-order valence-electron chi connectivity index (χ4n) is 3.84. The zero-order valence-electron chi connectivity index (χ0n) is 16.7. The van der Waals surface area contributed by atoms with Gasteiger partial charge in [-0.15, -0.1) is 10.2 Å². The first kappa shape index (κ1) is 18.5. The van der Waals surface area contributed by atoms with Crippen LogP contribution in [0.3, 0.4) is 0 Å². The zero-order valence-corrected chi connectivity index (χ0v) is 16.7. The van der Waals surface area contributed by atoms with Gasteiger partial charge >= 0.3 is 0 Å². The average molecular weight is 405 g/mol. The van der Waals surface area contributed by atoms with Gasteiger partial charge in [-0.05, 0) is 31.0 Å². The van der Waals surface area contributed by atoms with Crippen molar-refractivity contribution in [3.05, 3.63) is 42.4 Å². The molecule has 1 fully saturated rings. The number of nitrogens with zero attached hydrogens (tertiary/aromatic N) is 7. The summed E-state index contributed by atoms with van der Waals surface area (Å²) in [6, 6.07) is 8.01. The van der Waals surface area contributed by atoms with Crippen LogP contribution in [0, 0.1) is 0 Å². The molecule has 0 saturated carbocycles. The first-order chi connectivity index (χ1) is 14.7. The second-order valence-corrected chi connectivity index (χ2v) is 7.54. The molecule has 3 N–H and O–H groups in total. The highest BCUT2D eigenvalue weighted by atomic mass is 16.5. The van der Waals surface area contributed by atoms with Crippen LogP contribution in [-0.2, 0) is 6.54 Å². The number of H-pyrrole nitrogens is 1. The Hall–Kier alpha value is -3.53. The Morgan fingerprint density at radius 3 is 2.97 bits per heavy atom. The molecule has 4 aromatic rings. The smallest absolute Gasteiger partial charge is 0.151 e. The number of anilines is 1. The molecule has 0 spiro atoms. The van der Waals surface area contributed by atoms with Gasteiger partial charge in [-0.3, -0.25) is 5.10 Å². The van der Waals surface area contributed by atoms with Crippen LogP contribution < -0.4 is 15.4 Å². The molecule has 154 valence electrons. The third-order valence-corrected chi connectivity index (χ3v) is 5.39. The molecule has 1 aromatic carbocycles. The predicted molar refractivity (Wildman–Crippen MR) is 112 cm³/mol. The van der Waals surface area contributed by atoms with Gasteiger partial charge in [0, 0.05) is 36.1 Å². The molecule has 0 amide bonds. The van der Waals surface area contributed by atoms with E-state index in [0.717, 1.165) is 65.4 Å². The van der Waals surface area contributed by atoms with Crippen molar-refractivity contribution in [3.8, 4) is 17.0 Å². The Kier molecular flexibility index (Phi) is 4.75. The summed E-state index contributed by atoms with van der Waals surface area (Å²) >= 11 is 0. The predicted octanol–water partition coefficient (Wildman–Crippen LogP) is 1.60. The Labute approximate surface area is 173 Å². The highest BCUT2D eigenvalue weighted by Crippen LogP contribution is 2.30. The van der Waals surface area contributed by atoms with E-state index in [4.69, 9.17) is 10.5 Å². The second-order valence-electron chi connectivity index (χ2n) is 7.54. The van der Waals surface area contributed by atoms with Gasteiger partial charge in [-0.25, -0.2) is 4.68 Å². The number of ether oxygens (including phenoxy) is 1. The van der Waals surface area contributed by atoms with Crippen LogP contribution in [-0.4, -0.2) is 61.6 Å². The summed E-state index contributed by atoms with van der Waals surface area (Å²) in [6.45, 7) is 2.28. The van der Waals surface area contributed by atoms with Crippen LogP contribution in [0.5, 0.6) is 5.75 Å². The maximum Gasteiger partial charge on any atom is 0.151 e. The maximum absolute atomic E-state index is 6.07. The number of aromatic amines is 1. The molecule has 30 heavy (non-hydrogen) atoms. The van der Waals surface area contributed by atoms with Gasteiger partial charge in [0.1, 0.15) is 11.4 Å². The summed E-state index contributed by atoms with van der Waals surface area (Å²) in [4.78, 5) is 2.19. The van der Waals surface area contributed by atoms with Gasteiger partial charge < -0.3 is 15.4 Å². The van der Waals surface area contributed by atoms with Crippen LogP contribution in [0.2, 0.25) is 0 Å². The molecule has 0 radical (unpaired) electrons. The third kappa shape index (κ3) is 3.57. The standard InChI is InChI=1S/C20H23N9O/c1-30-15-7-16(17-9-22-24-18(17)8-15)19-12-29(27-25-19)11-14-4-5-20(26-23-14)28-6-2-3-13(21)10-28/h4-5,7-9,12-13H,2-3,6,10-11,21H2,1H3,(H,22,24)/t13-/m1/s1. The number of methoxy groups -OCH3 is 1. The number of fused-ring (bicyclic) bond motifs is 1. The number of aromatic nitrogens is 7. The summed E-state index contributed by atoms with van der Waals surface area (Å²) in [5.41, 5.74) is 9.42. The summed E-state index contributed by atoms with van der Waals surface area (Å²) in [5.74, 6) is 1.60. The number of hydrogen-bond donors (Lipinski definition) is 2. The Morgan fingerprint density at radius 1 is 1.23 bits per heavy atom. The van der Waals surface area contributed by atoms with E-state index in [2.05, 4.69) is 35.6 Å². The Morgan fingerprint density at radius 2 is 2.17 bits per heavy atom. The molecule has 1 aliphatic rings. The zero-order chi connectivity index (χ0) is 20.5. The van der Waals surface area contributed by atoms with Gasteiger partial charge in [0.05, 0.1) is 37.3 Å². The van der Waals surface area contributed by atoms with E-state index >= 15 is 0 Å². The molecule has 10 nitrogen and oxygen atoms in total. The molecule has 5 rings (SSSR count). The molecule has 4 heterocycles. The lowest BCUT2D eigenvalue weighted by Crippen LogP contribution is -2.43. The first-order valence-electron chi connectivity index (χ1n) is 9.94. The summed E-state index contributed by atoms with van der Waals surface area (Å²) in [7, 11) is 1.64. The number of piperidine rings is 1. The molecule has 1 aliphatic heterocycles. The van der Waals surface area contributed by atoms with Crippen molar-refractivity contribution in [2.24, 2.45) is 5.73 Å². The molecule has 1 saturated heterocycles. The van der Waals surface area contributed by atoms with E-state index in [1.807, 2.05) is 30.5 Å². The number of nitrogens with two attached hydrogens (primary N) is 1. The van der Waals surface area contributed by atoms with E-state index in [9.17, 15) is 0 Å². The lowest BCUT2D eigenvalue weighted by molar-refractivity contribution is 0.415. The van der Waals surface area contributed by atoms with Gasteiger partial charge in [0.2, 0.25) is 0 Å². The van der Waals surface area contributed by atoms with E-state index in [-0.39, 0.29) is 6.04 Å². The molecule has 0 unspecified atom stereocenters. The van der Waals surface area contributed by atoms with Gasteiger partial charge in [0.15, 0.2) is 5.82 Å². The lowest BCUT2D eigenvalue weighted by Gasteiger charge is -2.31. The quantitative estimate of drug-likeness (QED) is 0.513. The molecule has 0 aliphatic carbocycles. The van der Waals surface area contributed by atoms with Crippen LogP contribution in [0.25, 0.3) is 22.2 Å². The number of benzene rings is 1. The molecule has 3 aromatic heterocycles. The molecule has 0 bridgehead atoms. The monoisotopic (exact) mass is 405 g/mol. The summed E-state index contributed by atoms with van der Waals surface area (Å²) in [6.07, 6.45) is 5.82. The van der Waals surface area contributed by atoms with Crippen molar-refractivity contribution in [3.63, 3.8) is 0 Å². The van der Waals surface area contributed by atoms with Crippen molar-refractivity contribution >= 4 is 16.7 Å². The van der Waals surface area contributed by atoms with Crippen LogP contribution >= 0.6 is 0 Å². The van der Waals surface area contributed by atoms with Crippen molar-refractivity contribution < 1.29 is 4.74 Å². The highest BCUT2D eigenvalue weighted by molar-refractivity contribution is 5.94. The minimum atomic E-state index is 0.201. The van der Waals surface area contributed by atoms with Crippen molar-refractivity contribution in [1.82, 2.24) is 35.4 Å². The van der Waals surface area contributed by atoms with Crippen LogP contribution in [0.15, 0.2) is 36.7 Å². The summed E-state index contributed by atoms with van der Waals surface area (Å²) < 4.78 is 7.14. The van der Waals surface area contributed by atoms with E-state index in [1.54, 1.807) is 18.0 Å². The van der Waals surface area contributed by atoms with E-state index in [0.29, 0.717) is 6.54 Å². The molecular formula is C20H23N9O. The first-order valence-corrected chi connectivity index (χ1v) is 9.94. The highest BCUT2D eigenvalue weighted by Gasteiger charge is 2.18. The average Bonchev–Trinajstić information content (AvgIpc) is 3.43. The van der Waals surface area contributed by atoms with E-state index in [1.165, 1.54) is 0 Å². The van der Waals surface area contributed by atoms with Crippen molar-refractivity contribution in [2.45, 2.75) is 25.4 Å². The largest absolute Gasteiger partial charge is 0.497 e. The molecular weight excluding hydrogens is 382 g/mol. The second kappa shape index (κ2) is 7.71. The fourth-order valence-corrected chi connectivity index (χ4v) is 3.84. The number of nitrogens with one attached hydrogen (secondary N) is 1. The van der Waals surface area contributed by atoms with Crippen LogP contribution in [0.1, 0.15) is 18.5 Å². The van der Waals surface area contributed by atoms with Gasteiger partial charge in [-0.2, -0.15) is 10.2 Å². The van der Waals surface area contributed by atoms with E-state index < -0.39 is 0 Å². The SMILES string of the molecule is COc1cc(-c2cn(Cc3ccc(N4CCC[C@@H](N)C4)nn3)nn2)c2cn[nH]c2c1. The maximum atomic E-state index is 6.07. The van der Waals surface area contributed by atoms with Gasteiger partial charge in [-0.1, -0.05) is 5.21 Å². The van der Waals surface area contributed by atoms with Crippen LogP contribution in [0.4, 0.5) is 5.82 Å². The fraction of sp³-hybridized carbons (Fsp3) is 0.350. The Bertz CT molecular complexity index is 1150. The topological polar surface area (TPSA) is 124 Å². The Balaban J connectivity index is 1.35. The lowest BCUT2D eigenvalue weighted by atomic mass is 10.1. The van der Waals surface area contributed by atoms with Gasteiger partial charge in [0.25, 0.3) is 0 Å². The third-order valence-electron chi connectivity index (χ3n) is 5.39. The normalized spacial score (nSPS) is 16.9. The molecule has 1 atom stereocenters. The minimum Gasteiger partial charge on any atom is -0.497 e. The number of hydrogen-bond acceptors (Lipinski definition) is 8. The minimum absolute atomic E-state index is 0.201. The molecule has 10 heteroatoms.